The van der Waals surface area contributed by atoms with Gasteiger partial charge in [0, 0.05) is 11.3 Å². The fraction of sp³-hybridized carbons (Fsp3) is 0. The Labute approximate surface area is 96.7 Å². The van der Waals surface area contributed by atoms with Gasteiger partial charge in [0.05, 0.1) is 5.56 Å². The lowest BCUT2D eigenvalue weighted by atomic mass is 10.0. The van der Waals surface area contributed by atoms with E-state index in [1.807, 2.05) is 0 Å². The number of nitrogen functional groups attached to an aromatic ring is 1. The summed E-state index contributed by atoms with van der Waals surface area (Å²) in [5.41, 5.74) is 6.84. The molecule has 0 saturated carbocycles. The summed E-state index contributed by atoms with van der Waals surface area (Å²) in [4.78, 5) is 10.5. The molecule has 0 spiro atoms. The van der Waals surface area contributed by atoms with Crippen molar-refractivity contribution in [1.82, 2.24) is 0 Å². The average Bonchev–Trinajstić information content (AvgIpc) is 2.32. The van der Waals surface area contributed by atoms with Gasteiger partial charge in [-0.15, -0.1) is 0 Å². The number of anilines is 1. The third-order valence-electron chi connectivity index (χ3n) is 2.45. The molecular weight excluding hydrogens is 224 g/mol. The number of hydrogen-bond acceptors (Lipinski definition) is 2. The van der Waals surface area contributed by atoms with Crippen molar-refractivity contribution < 1.29 is 13.6 Å². The molecule has 4 heteroatoms. The summed E-state index contributed by atoms with van der Waals surface area (Å²) < 4.78 is 26.5. The Balaban J connectivity index is 2.57. The zero-order valence-corrected chi connectivity index (χ0v) is 8.78. The molecule has 2 aromatic carbocycles. The van der Waals surface area contributed by atoms with Gasteiger partial charge in [0.25, 0.3) is 0 Å². The minimum atomic E-state index is -0.652. The van der Waals surface area contributed by atoms with Crippen LogP contribution in [0.3, 0.4) is 0 Å². The van der Waals surface area contributed by atoms with E-state index in [1.165, 1.54) is 30.3 Å². The molecule has 0 aliphatic carbocycles. The van der Waals surface area contributed by atoms with Crippen LogP contribution in [0.2, 0.25) is 0 Å². The van der Waals surface area contributed by atoms with Crippen molar-refractivity contribution in [2.75, 3.05) is 5.73 Å². The Bertz CT molecular complexity index is 582. The number of hydrogen-bond donors (Lipinski definition) is 1. The van der Waals surface area contributed by atoms with Crippen LogP contribution in [-0.2, 0) is 0 Å². The Kier molecular flexibility index (Phi) is 2.87. The quantitative estimate of drug-likeness (QED) is 0.640. The first-order valence-electron chi connectivity index (χ1n) is 4.92. The van der Waals surface area contributed by atoms with Gasteiger partial charge < -0.3 is 5.73 Å². The molecule has 0 aromatic heterocycles. The van der Waals surface area contributed by atoms with E-state index in [0.29, 0.717) is 23.1 Å². The van der Waals surface area contributed by atoms with Crippen LogP contribution in [0.4, 0.5) is 14.5 Å². The van der Waals surface area contributed by atoms with E-state index in [9.17, 15) is 13.6 Å². The van der Waals surface area contributed by atoms with Crippen LogP contribution in [0.15, 0.2) is 36.4 Å². The van der Waals surface area contributed by atoms with Crippen LogP contribution in [-0.4, -0.2) is 6.29 Å². The maximum Gasteiger partial charge on any atom is 0.152 e. The third-order valence-corrected chi connectivity index (χ3v) is 2.45. The first kappa shape index (κ1) is 11.3. The van der Waals surface area contributed by atoms with Crippen molar-refractivity contribution in [3.8, 4) is 11.1 Å². The highest BCUT2D eigenvalue weighted by molar-refractivity contribution is 5.80. The molecule has 2 N–H and O–H groups in total. The van der Waals surface area contributed by atoms with Gasteiger partial charge in [0.2, 0.25) is 0 Å². The molecule has 2 rings (SSSR count). The molecule has 0 aliphatic heterocycles. The summed E-state index contributed by atoms with van der Waals surface area (Å²) in [6.45, 7) is 0. The van der Waals surface area contributed by atoms with E-state index < -0.39 is 11.6 Å². The molecular formula is C13H9F2NO. The van der Waals surface area contributed by atoms with Crippen LogP contribution in [0, 0.1) is 11.6 Å². The summed E-state index contributed by atoms with van der Waals surface area (Å²) in [7, 11) is 0. The molecule has 2 nitrogen and oxygen atoms in total. The molecule has 0 fully saturated rings. The molecule has 0 aliphatic rings. The molecule has 2 aromatic rings. The monoisotopic (exact) mass is 233 g/mol. The molecule has 86 valence electrons. The number of carbonyl (C=O) groups is 1. The van der Waals surface area contributed by atoms with Crippen molar-refractivity contribution in [3.63, 3.8) is 0 Å². The summed E-state index contributed by atoms with van der Waals surface area (Å²) in [6.07, 6.45) is 0.425. The van der Waals surface area contributed by atoms with Gasteiger partial charge in [-0.3, -0.25) is 4.79 Å². The number of halogens is 2. The normalized spacial score (nSPS) is 10.2. The number of benzene rings is 2. The van der Waals surface area contributed by atoms with Crippen LogP contribution < -0.4 is 5.73 Å². The molecule has 0 bridgehead atoms. The molecule has 0 radical (unpaired) electrons. The van der Waals surface area contributed by atoms with Crippen molar-refractivity contribution in [2.45, 2.75) is 0 Å². The van der Waals surface area contributed by atoms with E-state index in [4.69, 9.17) is 5.73 Å². The van der Waals surface area contributed by atoms with Crippen LogP contribution in [0.5, 0.6) is 0 Å². The minimum absolute atomic E-state index is 0.0382. The van der Waals surface area contributed by atoms with E-state index in [1.54, 1.807) is 0 Å². The first-order chi connectivity index (χ1) is 8.11. The predicted molar refractivity (Wildman–Crippen MR) is 61.6 cm³/mol. The lowest BCUT2D eigenvalue weighted by Crippen LogP contribution is -1.93. The fourth-order valence-corrected chi connectivity index (χ4v) is 1.57. The molecule has 0 amide bonds. The van der Waals surface area contributed by atoms with E-state index in [-0.39, 0.29) is 5.56 Å². The summed E-state index contributed by atoms with van der Waals surface area (Å²) in [5.74, 6) is -1.10. The second-order valence-corrected chi connectivity index (χ2v) is 3.59. The van der Waals surface area contributed by atoms with Crippen LogP contribution >= 0.6 is 0 Å². The maximum absolute atomic E-state index is 13.4. The van der Waals surface area contributed by atoms with Crippen molar-refractivity contribution in [1.29, 1.82) is 0 Å². The Morgan fingerprint density at radius 3 is 2.47 bits per heavy atom. The van der Waals surface area contributed by atoms with Crippen LogP contribution in [0.1, 0.15) is 10.4 Å². The lowest BCUT2D eigenvalue weighted by molar-refractivity contribution is 0.112. The number of carbonyl (C=O) groups excluding carboxylic acids is 1. The second-order valence-electron chi connectivity index (χ2n) is 3.59. The van der Waals surface area contributed by atoms with Gasteiger partial charge >= 0.3 is 0 Å². The average molecular weight is 233 g/mol. The van der Waals surface area contributed by atoms with Gasteiger partial charge in [-0.05, 0) is 35.9 Å². The van der Waals surface area contributed by atoms with Crippen molar-refractivity contribution >= 4 is 12.0 Å². The molecule has 0 heterocycles. The summed E-state index contributed by atoms with van der Waals surface area (Å²) in [5, 5.41) is 0. The summed E-state index contributed by atoms with van der Waals surface area (Å²) >= 11 is 0. The van der Waals surface area contributed by atoms with Gasteiger partial charge in [0.15, 0.2) is 6.29 Å². The van der Waals surface area contributed by atoms with Crippen molar-refractivity contribution in [2.24, 2.45) is 0 Å². The highest BCUT2D eigenvalue weighted by atomic mass is 19.1. The largest absolute Gasteiger partial charge is 0.398 e. The van der Waals surface area contributed by atoms with E-state index >= 15 is 0 Å². The maximum atomic E-state index is 13.4. The lowest BCUT2D eigenvalue weighted by Gasteiger charge is -2.06. The van der Waals surface area contributed by atoms with Gasteiger partial charge in [-0.2, -0.15) is 0 Å². The van der Waals surface area contributed by atoms with Gasteiger partial charge in [0.1, 0.15) is 11.6 Å². The molecule has 0 saturated heterocycles. The molecule has 0 atom stereocenters. The Hall–Kier alpha value is -2.23. The SMILES string of the molecule is Nc1ccc(F)cc1-c1ccc(C=O)c(F)c1. The number of rotatable bonds is 2. The standard InChI is InChI=1S/C13H9F2NO/c14-10-3-4-13(16)11(6-10)8-1-2-9(7-17)12(15)5-8/h1-7H,16H2. The van der Waals surface area contributed by atoms with E-state index in [0.717, 1.165) is 6.07 Å². The highest BCUT2D eigenvalue weighted by Gasteiger charge is 2.07. The third kappa shape index (κ3) is 2.15. The van der Waals surface area contributed by atoms with Gasteiger partial charge in [-0.1, -0.05) is 6.07 Å². The van der Waals surface area contributed by atoms with E-state index in [2.05, 4.69) is 0 Å². The number of aldehydes is 1. The Morgan fingerprint density at radius 1 is 1.06 bits per heavy atom. The second kappa shape index (κ2) is 4.33. The molecule has 0 unspecified atom stereocenters. The Morgan fingerprint density at radius 2 is 1.82 bits per heavy atom. The summed E-state index contributed by atoms with van der Waals surface area (Å²) in [6, 6.07) is 7.89. The van der Waals surface area contributed by atoms with Crippen molar-refractivity contribution in [3.05, 3.63) is 53.6 Å². The fourth-order valence-electron chi connectivity index (χ4n) is 1.57. The molecule has 17 heavy (non-hydrogen) atoms. The van der Waals surface area contributed by atoms with Gasteiger partial charge in [-0.25, -0.2) is 8.78 Å². The smallest absolute Gasteiger partial charge is 0.152 e. The zero-order chi connectivity index (χ0) is 12.4. The number of nitrogens with two attached hydrogens (primary N) is 1. The topological polar surface area (TPSA) is 43.1 Å². The van der Waals surface area contributed by atoms with Crippen LogP contribution in [0.25, 0.3) is 11.1 Å². The minimum Gasteiger partial charge on any atom is -0.398 e. The highest BCUT2D eigenvalue weighted by Crippen LogP contribution is 2.27. The predicted octanol–water partition coefficient (Wildman–Crippen LogP) is 3.03. The zero-order valence-electron chi connectivity index (χ0n) is 8.78. The first-order valence-corrected chi connectivity index (χ1v) is 4.92.